The molecule has 0 saturated carbocycles. The van der Waals surface area contributed by atoms with Crippen molar-refractivity contribution < 1.29 is 13.2 Å². The van der Waals surface area contributed by atoms with E-state index >= 15 is 0 Å². The van der Waals surface area contributed by atoms with Gasteiger partial charge in [-0.05, 0) is 36.1 Å². The summed E-state index contributed by atoms with van der Waals surface area (Å²) in [5.41, 5.74) is 2.99. The smallest absolute Gasteiger partial charge is 0.351 e. The fraction of sp³-hybridized carbons (Fsp3) is 0.333. The molecule has 3 nitrogen and oxygen atoms in total. The fourth-order valence-corrected chi connectivity index (χ4v) is 3.27. The van der Waals surface area contributed by atoms with Crippen molar-refractivity contribution in [1.82, 2.24) is 9.97 Å². The van der Waals surface area contributed by atoms with Crippen molar-refractivity contribution in [2.75, 3.05) is 11.4 Å². The molecule has 0 aliphatic heterocycles. The van der Waals surface area contributed by atoms with Gasteiger partial charge < -0.3 is 4.90 Å². The summed E-state index contributed by atoms with van der Waals surface area (Å²) >= 11 is 0. The fourth-order valence-electron chi connectivity index (χ4n) is 3.27. The van der Waals surface area contributed by atoms with Crippen molar-refractivity contribution in [2.24, 2.45) is 0 Å². The van der Waals surface area contributed by atoms with Crippen molar-refractivity contribution in [2.45, 2.75) is 45.8 Å². The van der Waals surface area contributed by atoms with E-state index in [9.17, 15) is 13.2 Å². The van der Waals surface area contributed by atoms with Gasteiger partial charge in [0.05, 0.1) is 23.7 Å². The van der Waals surface area contributed by atoms with Crippen LogP contribution in [0, 0.1) is 0 Å². The first-order valence-corrected chi connectivity index (χ1v) is 10.2. The summed E-state index contributed by atoms with van der Waals surface area (Å²) in [5, 5.41) is 0. The molecule has 3 rings (SSSR count). The molecule has 0 aliphatic rings. The Kier molecular flexibility index (Phi) is 7.08. The van der Waals surface area contributed by atoms with Gasteiger partial charge in [0.25, 0.3) is 0 Å². The molecule has 1 aromatic heterocycles. The van der Waals surface area contributed by atoms with Gasteiger partial charge in [0.15, 0.2) is 0 Å². The number of unbranched alkanes of at least 4 members (excludes halogenated alkanes) is 1. The molecule has 0 unspecified atom stereocenters. The molecule has 2 aromatic carbocycles. The van der Waals surface area contributed by atoms with Crippen LogP contribution in [0.1, 0.15) is 43.4 Å². The summed E-state index contributed by atoms with van der Waals surface area (Å²) in [5.74, 6) is 0.725. The number of hydrogen-bond acceptors (Lipinski definition) is 3. The molecular weight excluding hydrogens is 387 g/mol. The van der Waals surface area contributed by atoms with E-state index in [1.54, 1.807) is 12.4 Å². The van der Waals surface area contributed by atoms with E-state index in [0.717, 1.165) is 43.8 Å². The van der Waals surface area contributed by atoms with Gasteiger partial charge in [0.2, 0.25) is 0 Å². The van der Waals surface area contributed by atoms with Crippen molar-refractivity contribution in [3.8, 4) is 11.3 Å². The number of aromatic nitrogens is 2. The maximum Gasteiger partial charge on any atom is 0.416 e. The van der Waals surface area contributed by atoms with Crippen LogP contribution >= 0.6 is 0 Å². The Morgan fingerprint density at radius 1 is 0.933 bits per heavy atom. The molecule has 3 aromatic rings. The highest BCUT2D eigenvalue weighted by Crippen LogP contribution is 2.31. The third-order valence-corrected chi connectivity index (χ3v) is 5.01. The van der Waals surface area contributed by atoms with E-state index < -0.39 is 11.7 Å². The molecule has 0 atom stereocenters. The van der Waals surface area contributed by atoms with Crippen molar-refractivity contribution in [3.63, 3.8) is 0 Å². The highest BCUT2D eigenvalue weighted by atomic mass is 19.4. The highest BCUT2D eigenvalue weighted by Gasteiger charge is 2.30. The topological polar surface area (TPSA) is 29.0 Å². The van der Waals surface area contributed by atoms with Crippen molar-refractivity contribution in [1.29, 1.82) is 0 Å². The number of alkyl halides is 3. The average Bonchev–Trinajstić information content (AvgIpc) is 2.76. The van der Waals surface area contributed by atoms with Gasteiger partial charge in [-0.2, -0.15) is 13.2 Å². The quantitative estimate of drug-likeness (QED) is 0.420. The number of anilines is 1. The van der Waals surface area contributed by atoms with Gasteiger partial charge in [0, 0.05) is 18.7 Å². The van der Waals surface area contributed by atoms with E-state index in [1.165, 1.54) is 23.3 Å². The largest absolute Gasteiger partial charge is 0.416 e. The summed E-state index contributed by atoms with van der Waals surface area (Å²) in [6.45, 7) is 5.81. The molecule has 0 fully saturated rings. The van der Waals surface area contributed by atoms with Gasteiger partial charge in [-0.15, -0.1) is 0 Å². The molecule has 0 saturated heterocycles. The molecule has 6 heteroatoms. The lowest BCUT2D eigenvalue weighted by Crippen LogP contribution is -2.25. The monoisotopic (exact) mass is 413 g/mol. The number of nitrogens with zero attached hydrogens (tertiary/aromatic N) is 3. The molecule has 0 amide bonds. The Hall–Kier alpha value is -2.89. The summed E-state index contributed by atoms with van der Waals surface area (Å²) in [7, 11) is 0. The predicted molar refractivity (Wildman–Crippen MR) is 114 cm³/mol. The van der Waals surface area contributed by atoms with E-state index in [0.29, 0.717) is 17.8 Å². The highest BCUT2D eigenvalue weighted by molar-refractivity contribution is 5.60. The number of hydrogen-bond donors (Lipinski definition) is 0. The predicted octanol–water partition coefficient (Wildman–Crippen LogP) is 6.53. The van der Waals surface area contributed by atoms with E-state index in [-0.39, 0.29) is 0 Å². The van der Waals surface area contributed by atoms with Crippen LogP contribution in [0.25, 0.3) is 11.3 Å². The summed E-state index contributed by atoms with van der Waals surface area (Å²) < 4.78 is 38.5. The summed E-state index contributed by atoms with van der Waals surface area (Å²) in [6.07, 6.45) is 1.99. The third kappa shape index (κ3) is 5.59. The SMILES string of the molecule is CCCCN(Cc1cccc(CC)c1)c1cncc(-c2ccc(C(F)(F)F)cc2)n1. The van der Waals surface area contributed by atoms with Crippen molar-refractivity contribution in [3.05, 3.63) is 77.6 Å². The van der Waals surface area contributed by atoms with E-state index in [1.807, 2.05) is 0 Å². The Morgan fingerprint density at radius 3 is 2.33 bits per heavy atom. The molecule has 0 bridgehead atoms. The molecular formula is C24H26F3N3. The van der Waals surface area contributed by atoms with Crippen LogP contribution in [0.15, 0.2) is 60.9 Å². The standard InChI is InChI=1S/C24H26F3N3/c1-3-5-13-30(17-19-8-6-7-18(4-2)14-19)23-16-28-15-22(29-23)20-9-11-21(12-10-20)24(25,26)27/h6-12,14-16H,3-5,13,17H2,1-2H3. The first-order valence-electron chi connectivity index (χ1n) is 10.2. The average molecular weight is 413 g/mol. The summed E-state index contributed by atoms with van der Waals surface area (Å²) in [4.78, 5) is 11.2. The van der Waals surface area contributed by atoms with E-state index in [2.05, 4.69) is 48.0 Å². The van der Waals surface area contributed by atoms with Crippen LogP contribution in [0.5, 0.6) is 0 Å². The number of rotatable bonds is 8. The molecule has 0 aliphatic carbocycles. The molecule has 0 radical (unpaired) electrons. The van der Waals surface area contributed by atoms with Crippen molar-refractivity contribution >= 4 is 5.82 Å². The molecule has 158 valence electrons. The third-order valence-electron chi connectivity index (χ3n) is 5.01. The maximum atomic E-state index is 12.8. The zero-order valence-electron chi connectivity index (χ0n) is 17.3. The number of aryl methyl sites for hydroxylation is 1. The molecule has 1 heterocycles. The molecule has 30 heavy (non-hydrogen) atoms. The minimum absolute atomic E-state index is 0.560. The second kappa shape index (κ2) is 9.74. The van der Waals surface area contributed by atoms with Crippen LogP contribution in [-0.2, 0) is 19.1 Å². The zero-order valence-corrected chi connectivity index (χ0v) is 17.3. The van der Waals surface area contributed by atoms with Crippen LogP contribution in [0.3, 0.4) is 0 Å². The van der Waals surface area contributed by atoms with Crippen LogP contribution in [0.4, 0.5) is 19.0 Å². The lowest BCUT2D eigenvalue weighted by molar-refractivity contribution is -0.137. The molecule has 0 spiro atoms. The van der Waals surface area contributed by atoms with Gasteiger partial charge in [0.1, 0.15) is 5.82 Å². The minimum atomic E-state index is -4.35. The number of halogens is 3. The van der Waals surface area contributed by atoms with Gasteiger partial charge in [-0.1, -0.05) is 56.7 Å². The van der Waals surface area contributed by atoms with Gasteiger partial charge >= 0.3 is 6.18 Å². The van der Waals surface area contributed by atoms with Crippen LogP contribution < -0.4 is 4.90 Å². The number of benzene rings is 2. The zero-order chi connectivity index (χ0) is 21.6. The Balaban J connectivity index is 1.87. The van der Waals surface area contributed by atoms with E-state index in [4.69, 9.17) is 4.98 Å². The Bertz CT molecular complexity index is 952. The first kappa shape index (κ1) is 21.8. The Morgan fingerprint density at radius 2 is 1.67 bits per heavy atom. The second-order valence-corrected chi connectivity index (χ2v) is 7.29. The Labute approximate surface area is 175 Å². The minimum Gasteiger partial charge on any atom is -0.351 e. The van der Waals surface area contributed by atoms with Gasteiger partial charge in [-0.3, -0.25) is 4.98 Å². The molecule has 0 N–H and O–H groups in total. The lowest BCUT2D eigenvalue weighted by Gasteiger charge is -2.24. The summed E-state index contributed by atoms with van der Waals surface area (Å²) in [6, 6.07) is 13.5. The van der Waals surface area contributed by atoms with Crippen LogP contribution in [0.2, 0.25) is 0 Å². The maximum absolute atomic E-state index is 12.8. The first-order chi connectivity index (χ1) is 14.4. The van der Waals surface area contributed by atoms with Crippen LogP contribution in [-0.4, -0.2) is 16.5 Å². The van der Waals surface area contributed by atoms with Gasteiger partial charge in [-0.25, -0.2) is 4.98 Å². The second-order valence-electron chi connectivity index (χ2n) is 7.29. The normalized spacial score (nSPS) is 11.5. The lowest BCUT2D eigenvalue weighted by atomic mass is 10.1.